The monoisotopic (exact) mass is 288 g/mol. The molecule has 1 aliphatic carbocycles. The van der Waals surface area contributed by atoms with E-state index >= 15 is 0 Å². The lowest BCUT2D eigenvalue weighted by Gasteiger charge is -2.29. The van der Waals surface area contributed by atoms with Gasteiger partial charge >= 0.3 is 0 Å². The highest BCUT2D eigenvalue weighted by Gasteiger charge is 2.21. The van der Waals surface area contributed by atoms with E-state index in [4.69, 9.17) is 4.74 Å². The van der Waals surface area contributed by atoms with E-state index in [-0.39, 0.29) is 0 Å². The molecule has 0 aromatic heterocycles. The summed E-state index contributed by atoms with van der Waals surface area (Å²) >= 11 is 0. The molecule has 3 nitrogen and oxygen atoms in total. The lowest BCUT2D eigenvalue weighted by Crippen LogP contribution is -2.43. The molecular formula is C18H28N2O. The Kier molecular flexibility index (Phi) is 4.81. The SMILES string of the molecule is Cc1ccc(CN2CCNCC2)c(OC2CCCC2)c1C. The second-order valence-electron chi connectivity index (χ2n) is 6.55. The molecule has 3 rings (SSSR count). The molecule has 1 aliphatic heterocycles. The summed E-state index contributed by atoms with van der Waals surface area (Å²) in [5, 5.41) is 3.42. The van der Waals surface area contributed by atoms with Gasteiger partial charge in [-0.25, -0.2) is 0 Å². The lowest BCUT2D eigenvalue weighted by atomic mass is 10.0. The fourth-order valence-electron chi connectivity index (χ4n) is 3.42. The Morgan fingerprint density at radius 1 is 1.14 bits per heavy atom. The number of hydrogen-bond acceptors (Lipinski definition) is 3. The molecule has 1 heterocycles. The predicted molar refractivity (Wildman–Crippen MR) is 86.9 cm³/mol. The zero-order chi connectivity index (χ0) is 14.7. The maximum atomic E-state index is 6.42. The number of piperazine rings is 1. The van der Waals surface area contributed by atoms with Gasteiger partial charge in [0.2, 0.25) is 0 Å². The van der Waals surface area contributed by atoms with Gasteiger partial charge in [-0.05, 0) is 50.7 Å². The molecule has 0 radical (unpaired) electrons. The summed E-state index contributed by atoms with van der Waals surface area (Å²) in [7, 11) is 0. The normalized spacial score (nSPS) is 20.9. The average molecular weight is 288 g/mol. The minimum absolute atomic E-state index is 0.437. The summed E-state index contributed by atoms with van der Waals surface area (Å²) in [5.41, 5.74) is 4.04. The number of rotatable bonds is 4. The van der Waals surface area contributed by atoms with Crippen LogP contribution in [0.4, 0.5) is 0 Å². The van der Waals surface area contributed by atoms with Gasteiger partial charge in [-0.15, -0.1) is 0 Å². The largest absolute Gasteiger partial charge is 0.490 e. The topological polar surface area (TPSA) is 24.5 Å². The lowest BCUT2D eigenvalue weighted by molar-refractivity contribution is 0.195. The van der Waals surface area contributed by atoms with Gasteiger partial charge in [-0.2, -0.15) is 0 Å². The first-order valence-electron chi connectivity index (χ1n) is 8.43. The quantitative estimate of drug-likeness (QED) is 0.921. The third kappa shape index (κ3) is 3.58. The Balaban J connectivity index is 1.78. The van der Waals surface area contributed by atoms with Gasteiger partial charge in [-0.3, -0.25) is 4.90 Å². The third-order valence-corrected chi connectivity index (χ3v) is 4.95. The predicted octanol–water partition coefficient (Wildman–Crippen LogP) is 3.03. The van der Waals surface area contributed by atoms with Crippen molar-refractivity contribution in [3.63, 3.8) is 0 Å². The molecule has 0 spiro atoms. The molecule has 3 heteroatoms. The first kappa shape index (κ1) is 14.9. The van der Waals surface area contributed by atoms with Crippen LogP contribution in [0, 0.1) is 13.8 Å². The summed E-state index contributed by atoms with van der Waals surface area (Å²) in [5.74, 6) is 1.17. The number of nitrogens with one attached hydrogen (secondary N) is 1. The Labute approximate surface area is 128 Å². The molecule has 0 bridgehead atoms. The van der Waals surface area contributed by atoms with Gasteiger partial charge in [0, 0.05) is 38.3 Å². The van der Waals surface area contributed by atoms with Crippen molar-refractivity contribution in [2.24, 2.45) is 0 Å². The minimum Gasteiger partial charge on any atom is -0.490 e. The van der Waals surface area contributed by atoms with Crippen molar-refractivity contribution in [2.75, 3.05) is 26.2 Å². The Hall–Kier alpha value is -1.06. The molecule has 0 unspecified atom stereocenters. The van der Waals surface area contributed by atoms with E-state index in [1.165, 1.54) is 48.1 Å². The van der Waals surface area contributed by atoms with E-state index < -0.39 is 0 Å². The first-order chi connectivity index (χ1) is 10.2. The fourth-order valence-corrected chi connectivity index (χ4v) is 3.42. The first-order valence-corrected chi connectivity index (χ1v) is 8.43. The van der Waals surface area contributed by atoms with Crippen molar-refractivity contribution in [3.8, 4) is 5.75 Å². The standard InChI is InChI=1S/C18H28N2O/c1-14-7-8-16(13-20-11-9-19-10-12-20)18(15(14)2)21-17-5-3-4-6-17/h7-8,17,19H,3-6,9-13H2,1-2H3. The van der Waals surface area contributed by atoms with Crippen LogP contribution in [0.2, 0.25) is 0 Å². The third-order valence-electron chi connectivity index (χ3n) is 4.95. The number of nitrogens with zero attached hydrogens (tertiary/aromatic N) is 1. The van der Waals surface area contributed by atoms with Crippen molar-refractivity contribution >= 4 is 0 Å². The van der Waals surface area contributed by atoms with Gasteiger partial charge in [-0.1, -0.05) is 12.1 Å². The van der Waals surface area contributed by atoms with Crippen molar-refractivity contribution in [2.45, 2.75) is 52.2 Å². The summed E-state index contributed by atoms with van der Waals surface area (Å²) in [6.07, 6.45) is 5.53. The Morgan fingerprint density at radius 3 is 2.57 bits per heavy atom. The van der Waals surface area contributed by atoms with E-state index in [1.54, 1.807) is 0 Å². The highest BCUT2D eigenvalue weighted by atomic mass is 16.5. The van der Waals surface area contributed by atoms with Crippen LogP contribution in [0.25, 0.3) is 0 Å². The Morgan fingerprint density at radius 2 is 1.86 bits per heavy atom. The second-order valence-corrected chi connectivity index (χ2v) is 6.55. The van der Waals surface area contributed by atoms with Crippen LogP contribution in [-0.2, 0) is 6.54 Å². The molecule has 2 fully saturated rings. The van der Waals surface area contributed by atoms with Crippen molar-refractivity contribution in [1.82, 2.24) is 10.2 Å². The molecule has 1 saturated carbocycles. The highest BCUT2D eigenvalue weighted by Crippen LogP contribution is 2.32. The molecule has 1 N–H and O–H groups in total. The van der Waals surface area contributed by atoms with Gasteiger partial charge in [0.1, 0.15) is 5.75 Å². The van der Waals surface area contributed by atoms with Crippen LogP contribution < -0.4 is 10.1 Å². The number of ether oxygens (including phenoxy) is 1. The van der Waals surface area contributed by atoms with Crippen LogP contribution in [0.5, 0.6) is 5.75 Å². The average Bonchev–Trinajstić information content (AvgIpc) is 3.01. The van der Waals surface area contributed by atoms with E-state index in [9.17, 15) is 0 Å². The number of benzene rings is 1. The molecule has 21 heavy (non-hydrogen) atoms. The molecule has 2 aliphatic rings. The molecular weight excluding hydrogens is 260 g/mol. The zero-order valence-corrected chi connectivity index (χ0v) is 13.5. The molecule has 1 aromatic carbocycles. The van der Waals surface area contributed by atoms with E-state index in [2.05, 4.69) is 36.2 Å². The van der Waals surface area contributed by atoms with Gasteiger partial charge < -0.3 is 10.1 Å². The maximum absolute atomic E-state index is 6.42. The summed E-state index contributed by atoms with van der Waals surface area (Å²) in [6, 6.07) is 4.52. The zero-order valence-electron chi connectivity index (χ0n) is 13.5. The molecule has 0 atom stereocenters. The number of aryl methyl sites for hydroxylation is 1. The Bertz CT molecular complexity index is 474. The summed E-state index contributed by atoms with van der Waals surface area (Å²) in [6.45, 7) is 9.88. The summed E-state index contributed by atoms with van der Waals surface area (Å²) < 4.78 is 6.42. The van der Waals surface area contributed by atoms with Crippen LogP contribution >= 0.6 is 0 Å². The second kappa shape index (κ2) is 6.80. The molecule has 1 aromatic rings. The van der Waals surface area contributed by atoms with Gasteiger partial charge in [0.05, 0.1) is 6.10 Å². The van der Waals surface area contributed by atoms with Crippen LogP contribution in [0.3, 0.4) is 0 Å². The van der Waals surface area contributed by atoms with E-state index in [0.717, 1.165) is 32.7 Å². The van der Waals surface area contributed by atoms with Gasteiger partial charge in [0.15, 0.2) is 0 Å². The van der Waals surface area contributed by atoms with Crippen LogP contribution in [-0.4, -0.2) is 37.2 Å². The summed E-state index contributed by atoms with van der Waals surface area (Å²) in [4.78, 5) is 2.53. The van der Waals surface area contributed by atoms with E-state index in [0.29, 0.717) is 6.10 Å². The number of hydrogen-bond donors (Lipinski definition) is 1. The smallest absolute Gasteiger partial charge is 0.127 e. The van der Waals surface area contributed by atoms with Crippen molar-refractivity contribution in [1.29, 1.82) is 0 Å². The maximum Gasteiger partial charge on any atom is 0.127 e. The van der Waals surface area contributed by atoms with Crippen molar-refractivity contribution < 1.29 is 4.74 Å². The molecule has 1 saturated heterocycles. The fraction of sp³-hybridized carbons (Fsp3) is 0.667. The van der Waals surface area contributed by atoms with Crippen molar-refractivity contribution in [3.05, 3.63) is 28.8 Å². The van der Waals surface area contributed by atoms with E-state index in [1.807, 2.05) is 0 Å². The molecule has 0 amide bonds. The molecule has 116 valence electrons. The van der Waals surface area contributed by atoms with Crippen LogP contribution in [0.15, 0.2) is 12.1 Å². The highest BCUT2D eigenvalue weighted by molar-refractivity contribution is 5.45. The minimum atomic E-state index is 0.437. The van der Waals surface area contributed by atoms with Crippen LogP contribution in [0.1, 0.15) is 42.4 Å². The van der Waals surface area contributed by atoms with Gasteiger partial charge in [0.25, 0.3) is 0 Å².